The summed E-state index contributed by atoms with van der Waals surface area (Å²) in [4.78, 5) is 23.0. The Balaban J connectivity index is 1.87. The lowest BCUT2D eigenvalue weighted by Crippen LogP contribution is -2.20. The average Bonchev–Trinajstić information content (AvgIpc) is 2.53. The van der Waals surface area contributed by atoms with Crippen LogP contribution >= 0.6 is 0 Å². The number of ether oxygens (including phenoxy) is 1. The number of amides is 2. The van der Waals surface area contributed by atoms with E-state index in [2.05, 4.69) is 24.5 Å². The molecule has 0 atom stereocenters. The molecule has 0 aliphatic carbocycles. The molecule has 0 unspecified atom stereocenters. The average molecular weight is 326 g/mol. The van der Waals surface area contributed by atoms with Crippen LogP contribution in [0.25, 0.3) is 0 Å². The molecule has 2 aromatic rings. The van der Waals surface area contributed by atoms with Crippen LogP contribution in [0.4, 0.5) is 11.4 Å². The van der Waals surface area contributed by atoms with Crippen molar-refractivity contribution >= 4 is 23.2 Å². The number of hydrogen-bond donors (Lipinski definition) is 2. The Kier molecular flexibility index (Phi) is 5.95. The molecule has 0 bridgehead atoms. The van der Waals surface area contributed by atoms with Gasteiger partial charge in [0, 0.05) is 24.4 Å². The molecule has 0 fully saturated rings. The predicted molar refractivity (Wildman–Crippen MR) is 95.4 cm³/mol. The summed E-state index contributed by atoms with van der Waals surface area (Å²) >= 11 is 0. The van der Waals surface area contributed by atoms with E-state index in [1.54, 1.807) is 24.3 Å². The maximum Gasteiger partial charge on any atom is 0.262 e. The molecular formula is C19H22N2O3. The summed E-state index contributed by atoms with van der Waals surface area (Å²) in [5.74, 6) is 0.576. The number of hydrogen-bond acceptors (Lipinski definition) is 3. The number of carbonyl (C=O) groups excluding carboxylic acids is 2. The first-order valence-electron chi connectivity index (χ1n) is 7.84. The second-order valence-electron chi connectivity index (χ2n) is 5.82. The first-order chi connectivity index (χ1) is 11.4. The molecule has 2 amide bonds. The van der Waals surface area contributed by atoms with E-state index in [1.165, 1.54) is 12.5 Å². The number of rotatable bonds is 6. The van der Waals surface area contributed by atoms with E-state index in [0.29, 0.717) is 17.4 Å². The van der Waals surface area contributed by atoms with Crippen LogP contribution in [0.15, 0.2) is 48.5 Å². The Morgan fingerprint density at radius 3 is 2.33 bits per heavy atom. The largest absolute Gasteiger partial charge is 0.484 e. The molecule has 5 heteroatoms. The van der Waals surface area contributed by atoms with Crippen LogP contribution in [0.5, 0.6) is 5.75 Å². The number of nitrogens with one attached hydrogen (secondary N) is 2. The Bertz CT molecular complexity index is 709. The maximum absolute atomic E-state index is 12.0. The molecule has 2 N–H and O–H groups in total. The first-order valence-corrected chi connectivity index (χ1v) is 7.84. The van der Waals surface area contributed by atoms with Crippen molar-refractivity contribution in [2.45, 2.75) is 26.7 Å². The summed E-state index contributed by atoms with van der Waals surface area (Å²) in [6, 6.07) is 14.7. The van der Waals surface area contributed by atoms with Crippen molar-refractivity contribution in [1.82, 2.24) is 0 Å². The Hall–Kier alpha value is -2.82. The Morgan fingerprint density at radius 2 is 1.71 bits per heavy atom. The second-order valence-corrected chi connectivity index (χ2v) is 5.82. The molecule has 0 spiro atoms. The van der Waals surface area contributed by atoms with E-state index >= 15 is 0 Å². The zero-order valence-electron chi connectivity index (χ0n) is 14.1. The molecular weight excluding hydrogens is 304 g/mol. The molecule has 2 aromatic carbocycles. The van der Waals surface area contributed by atoms with E-state index in [9.17, 15) is 9.59 Å². The fourth-order valence-corrected chi connectivity index (χ4v) is 2.16. The lowest BCUT2D eigenvalue weighted by molar-refractivity contribution is -0.118. The highest BCUT2D eigenvalue weighted by Crippen LogP contribution is 2.18. The van der Waals surface area contributed by atoms with Crippen molar-refractivity contribution in [2.75, 3.05) is 17.2 Å². The maximum atomic E-state index is 12.0. The zero-order chi connectivity index (χ0) is 17.5. The van der Waals surface area contributed by atoms with E-state index in [1.807, 2.05) is 24.3 Å². The monoisotopic (exact) mass is 326 g/mol. The van der Waals surface area contributed by atoms with Gasteiger partial charge in [0.1, 0.15) is 5.75 Å². The van der Waals surface area contributed by atoms with Crippen LogP contribution in [0.1, 0.15) is 32.3 Å². The molecule has 5 nitrogen and oxygen atoms in total. The summed E-state index contributed by atoms with van der Waals surface area (Å²) < 4.78 is 5.46. The third-order valence-corrected chi connectivity index (χ3v) is 3.39. The predicted octanol–water partition coefficient (Wildman–Crippen LogP) is 3.79. The third kappa shape index (κ3) is 5.43. The minimum atomic E-state index is -0.239. The summed E-state index contributed by atoms with van der Waals surface area (Å²) in [5.41, 5.74) is 2.59. The van der Waals surface area contributed by atoms with E-state index in [0.717, 1.165) is 5.69 Å². The van der Waals surface area contributed by atoms with Gasteiger partial charge in [0.25, 0.3) is 5.91 Å². The zero-order valence-corrected chi connectivity index (χ0v) is 14.1. The van der Waals surface area contributed by atoms with Gasteiger partial charge in [-0.2, -0.15) is 0 Å². The summed E-state index contributed by atoms with van der Waals surface area (Å²) in [6.45, 7) is 5.58. The smallest absolute Gasteiger partial charge is 0.262 e. The van der Waals surface area contributed by atoms with Crippen molar-refractivity contribution in [3.8, 4) is 5.75 Å². The molecule has 126 valence electrons. The van der Waals surface area contributed by atoms with Gasteiger partial charge in [0.05, 0.1) is 0 Å². The second kappa shape index (κ2) is 8.15. The van der Waals surface area contributed by atoms with Gasteiger partial charge in [-0.25, -0.2) is 0 Å². The lowest BCUT2D eigenvalue weighted by atomic mass is 10.0. The van der Waals surface area contributed by atoms with Gasteiger partial charge in [0.15, 0.2) is 6.61 Å². The van der Waals surface area contributed by atoms with Gasteiger partial charge in [-0.1, -0.05) is 32.0 Å². The van der Waals surface area contributed by atoms with Crippen LogP contribution in [0.3, 0.4) is 0 Å². The van der Waals surface area contributed by atoms with Gasteiger partial charge >= 0.3 is 0 Å². The van der Waals surface area contributed by atoms with Crippen LogP contribution in [0.2, 0.25) is 0 Å². The van der Waals surface area contributed by atoms with E-state index in [4.69, 9.17) is 4.74 Å². The normalized spacial score (nSPS) is 10.3. The summed E-state index contributed by atoms with van der Waals surface area (Å²) in [7, 11) is 0. The van der Waals surface area contributed by atoms with Gasteiger partial charge in [0.2, 0.25) is 5.91 Å². The van der Waals surface area contributed by atoms with Crippen LogP contribution in [-0.4, -0.2) is 18.4 Å². The Labute approximate surface area is 142 Å². The number of carbonyl (C=O) groups is 2. The SMILES string of the molecule is CC(=O)Nc1cccc(OCC(=O)Nc2ccc(C(C)C)cc2)c1. The van der Waals surface area contributed by atoms with Crippen LogP contribution < -0.4 is 15.4 Å². The van der Waals surface area contributed by atoms with Crippen LogP contribution in [-0.2, 0) is 9.59 Å². The minimum absolute atomic E-state index is 0.102. The minimum Gasteiger partial charge on any atom is -0.484 e. The summed E-state index contributed by atoms with van der Waals surface area (Å²) in [5, 5.41) is 5.46. The van der Waals surface area contributed by atoms with Crippen molar-refractivity contribution in [2.24, 2.45) is 0 Å². The topological polar surface area (TPSA) is 67.4 Å². The highest BCUT2D eigenvalue weighted by Gasteiger charge is 2.06. The lowest BCUT2D eigenvalue weighted by Gasteiger charge is -2.10. The van der Waals surface area contributed by atoms with Gasteiger partial charge in [-0.3, -0.25) is 9.59 Å². The molecule has 2 rings (SSSR count). The fraction of sp³-hybridized carbons (Fsp3) is 0.263. The van der Waals surface area contributed by atoms with Crippen molar-refractivity contribution in [1.29, 1.82) is 0 Å². The summed E-state index contributed by atoms with van der Waals surface area (Å²) in [6.07, 6.45) is 0. The number of benzene rings is 2. The van der Waals surface area contributed by atoms with Crippen molar-refractivity contribution in [3.05, 3.63) is 54.1 Å². The molecule has 0 saturated heterocycles. The highest BCUT2D eigenvalue weighted by molar-refractivity contribution is 5.92. The molecule has 0 aliphatic rings. The van der Waals surface area contributed by atoms with Gasteiger partial charge in [-0.15, -0.1) is 0 Å². The molecule has 0 aliphatic heterocycles. The quantitative estimate of drug-likeness (QED) is 0.849. The standard InChI is InChI=1S/C19H22N2O3/c1-13(2)15-7-9-16(10-8-15)21-19(23)12-24-18-6-4-5-17(11-18)20-14(3)22/h4-11,13H,12H2,1-3H3,(H,20,22)(H,21,23). The van der Waals surface area contributed by atoms with Crippen LogP contribution in [0, 0.1) is 0 Å². The highest BCUT2D eigenvalue weighted by atomic mass is 16.5. The van der Waals surface area contributed by atoms with Gasteiger partial charge < -0.3 is 15.4 Å². The third-order valence-electron chi connectivity index (χ3n) is 3.39. The molecule has 0 saturated carbocycles. The van der Waals surface area contributed by atoms with E-state index in [-0.39, 0.29) is 18.4 Å². The first kappa shape index (κ1) is 17.5. The van der Waals surface area contributed by atoms with Gasteiger partial charge in [-0.05, 0) is 35.7 Å². The fourth-order valence-electron chi connectivity index (χ4n) is 2.16. The Morgan fingerprint density at radius 1 is 1.00 bits per heavy atom. The van der Waals surface area contributed by atoms with Crippen molar-refractivity contribution in [3.63, 3.8) is 0 Å². The molecule has 24 heavy (non-hydrogen) atoms. The number of anilines is 2. The molecule has 0 radical (unpaired) electrons. The van der Waals surface area contributed by atoms with E-state index < -0.39 is 0 Å². The molecule has 0 heterocycles. The molecule has 0 aromatic heterocycles. The van der Waals surface area contributed by atoms with Crippen molar-refractivity contribution < 1.29 is 14.3 Å².